The number of halogens is 1. The fourth-order valence-electron chi connectivity index (χ4n) is 2.76. The smallest absolute Gasteiger partial charge is 0.128 e. The molecule has 19 heavy (non-hydrogen) atoms. The largest absolute Gasteiger partial charge is 0.355 e. The number of rotatable bonds is 5. The zero-order valence-corrected chi connectivity index (χ0v) is 13.1. The maximum atomic E-state index is 4.75. The van der Waals surface area contributed by atoms with Gasteiger partial charge < -0.3 is 10.2 Å². The highest BCUT2D eigenvalue weighted by atomic mass is 79.9. The molecule has 1 aliphatic carbocycles. The van der Waals surface area contributed by atoms with E-state index < -0.39 is 0 Å². The van der Waals surface area contributed by atoms with Gasteiger partial charge in [0.1, 0.15) is 5.82 Å². The second-order valence-corrected chi connectivity index (χ2v) is 6.73. The fraction of sp³-hybridized carbons (Fsp3) is 0.667. The van der Waals surface area contributed by atoms with E-state index in [1.54, 1.807) is 0 Å². The number of nitrogens with one attached hydrogen (secondary N) is 1. The van der Waals surface area contributed by atoms with Crippen LogP contribution in [-0.2, 0) is 0 Å². The van der Waals surface area contributed by atoms with Crippen LogP contribution in [0.3, 0.4) is 0 Å². The lowest BCUT2D eigenvalue weighted by atomic mass is 10.2. The van der Waals surface area contributed by atoms with Crippen LogP contribution >= 0.6 is 15.9 Å². The molecule has 1 saturated carbocycles. The molecular formula is C15H22BrN3. The van der Waals surface area contributed by atoms with Gasteiger partial charge in [-0.1, -0.05) is 0 Å². The Bertz CT molecular complexity index is 439. The Labute approximate surface area is 123 Å². The van der Waals surface area contributed by atoms with Gasteiger partial charge in [0.15, 0.2) is 0 Å². The lowest BCUT2D eigenvalue weighted by molar-refractivity contribution is 0.567. The van der Waals surface area contributed by atoms with Crippen molar-refractivity contribution in [2.75, 3.05) is 24.5 Å². The zero-order chi connectivity index (χ0) is 13.2. The van der Waals surface area contributed by atoms with Crippen molar-refractivity contribution < 1.29 is 0 Å². The number of nitrogens with zero attached hydrogens (tertiary/aromatic N) is 2. The molecule has 4 heteroatoms. The van der Waals surface area contributed by atoms with Crippen LogP contribution in [-0.4, -0.2) is 30.7 Å². The lowest BCUT2D eigenvalue weighted by Gasteiger charge is -2.27. The Hall–Kier alpha value is -0.610. The molecule has 2 aliphatic rings. The van der Waals surface area contributed by atoms with Crippen LogP contribution in [0, 0.1) is 12.8 Å². The van der Waals surface area contributed by atoms with Gasteiger partial charge in [-0.2, -0.15) is 0 Å². The van der Waals surface area contributed by atoms with Gasteiger partial charge in [-0.3, -0.25) is 0 Å². The van der Waals surface area contributed by atoms with Crippen LogP contribution in [0.25, 0.3) is 0 Å². The Morgan fingerprint density at radius 3 is 2.79 bits per heavy atom. The first kappa shape index (κ1) is 13.4. The summed E-state index contributed by atoms with van der Waals surface area (Å²) in [5.74, 6) is 2.04. The molecule has 2 fully saturated rings. The molecule has 1 N–H and O–H groups in total. The second kappa shape index (κ2) is 5.80. The van der Waals surface area contributed by atoms with Gasteiger partial charge in [0.2, 0.25) is 0 Å². The molecule has 0 spiro atoms. The summed E-state index contributed by atoms with van der Waals surface area (Å²) in [6, 6.07) is 4.91. The highest BCUT2D eigenvalue weighted by Crippen LogP contribution is 2.31. The van der Waals surface area contributed by atoms with E-state index in [-0.39, 0.29) is 0 Å². The Kier molecular flexibility index (Phi) is 4.08. The van der Waals surface area contributed by atoms with Gasteiger partial charge in [0.05, 0.1) is 5.69 Å². The van der Waals surface area contributed by atoms with Crippen molar-refractivity contribution in [3.05, 3.63) is 22.3 Å². The van der Waals surface area contributed by atoms with Gasteiger partial charge in [-0.25, -0.2) is 4.98 Å². The highest BCUT2D eigenvalue weighted by molar-refractivity contribution is 9.10. The van der Waals surface area contributed by atoms with E-state index in [1.807, 2.05) is 0 Å². The summed E-state index contributed by atoms with van der Waals surface area (Å²) in [5.41, 5.74) is 1.08. The van der Waals surface area contributed by atoms with E-state index in [0.717, 1.165) is 28.4 Å². The van der Waals surface area contributed by atoms with Gasteiger partial charge in [-0.15, -0.1) is 0 Å². The molecule has 0 amide bonds. The van der Waals surface area contributed by atoms with E-state index in [1.165, 1.54) is 38.8 Å². The normalized spacial score (nSPS) is 22.7. The second-order valence-electron chi connectivity index (χ2n) is 5.88. The maximum Gasteiger partial charge on any atom is 0.128 e. The minimum Gasteiger partial charge on any atom is -0.355 e. The fourth-order valence-corrected chi connectivity index (χ4v) is 2.98. The van der Waals surface area contributed by atoms with E-state index in [0.29, 0.717) is 6.04 Å². The minimum atomic E-state index is 0.643. The quantitative estimate of drug-likeness (QED) is 0.902. The van der Waals surface area contributed by atoms with Crippen LogP contribution in [0.4, 0.5) is 5.82 Å². The minimum absolute atomic E-state index is 0.643. The predicted molar refractivity (Wildman–Crippen MR) is 82.6 cm³/mol. The number of aromatic nitrogens is 1. The summed E-state index contributed by atoms with van der Waals surface area (Å²) in [6.07, 6.45) is 5.40. The molecule has 0 radical (unpaired) electrons. The number of hydrogen-bond donors (Lipinski definition) is 1. The number of anilines is 1. The van der Waals surface area contributed by atoms with E-state index in [4.69, 9.17) is 4.98 Å². The van der Waals surface area contributed by atoms with Crippen LogP contribution in [0.15, 0.2) is 16.6 Å². The summed E-state index contributed by atoms with van der Waals surface area (Å²) in [7, 11) is 0. The Balaban J connectivity index is 1.73. The molecule has 1 aromatic heterocycles. The standard InChI is InChI=1S/C15H22BrN3/c1-11-14(16)6-7-15(18-11)19(9-12-4-5-12)10-13-3-2-8-17-13/h6-7,12-13,17H,2-5,8-10H2,1H3. The number of aryl methyl sites for hydroxylation is 1. The Morgan fingerprint density at radius 2 is 2.16 bits per heavy atom. The summed E-state index contributed by atoms with van der Waals surface area (Å²) < 4.78 is 1.10. The van der Waals surface area contributed by atoms with Crippen molar-refractivity contribution in [2.24, 2.45) is 5.92 Å². The first-order valence-corrected chi connectivity index (χ1v) is 8.13. The lowest BCUT2D eigenvalue weighted by Crippen LogP contribution is -2.39. The molecule has 1 aliphatic heterocycles. The highest BCUT2D eigenvalue weighted by Gasteiger charge is 2.27. The van der Waals surface area contributed by atoms with Crippen molar-refractivity contribution >= 4 is 21.7 Å². The molecule has 0 aromatic carbocycles. The molecular weight excluding hydrogens is 302 g/mol. The molecule has 3 rings (SSSR count). The molecule has 104 valence electrons. The molecule has 0 bridgehead atoms. The SMILES string of the molecule is Cc1nc(N(CC2CC2)CC2CCCN2)ccc1Br. The summed E-state index contributed by atoms with van der Waals surface area (Å²) >= 11 is 3.54. The van der Waals surface area contributed by atoms with Gasteiger partial charge >= 0.3 is 0 Å². The topological polar surface area (TPSA) is 28.2 Å². The van der Waals surface area contributed by atoms with Crippen LogP contribution in [0.1, 0.15) is 31.4 Å². The third-order valence-electron chi connectivity index (χ3n) is 4.11. The summed E-state index contributed by atoms with van der Waals surface area (Å²) in [4.78, 5) is 7.23. The van der Waals surface area contributed by atoms with E-state index in [2.05, 4.69) is 45.2 Å². The number of pyridine rings is 1. The van der Waals surface area contributed by atoms with Gasteiger partial charge in [0, 0.05) is 23.6 Å². The van der Waals surface area contributed by atoms with E-state index >= 15 is 0 Å². The monoisotopic (exact) mass is 323 g/mol. The molecule has 1 aromatic rings. The predicted octanol–water partition coefficient (Wildman–Crippen LogP) is 3.12. The van der Waals surface area contributed by atoms with Gasteiger partial charge in [-0.05, 0) is 73.1 Å². The zero-order valence-electron chi connectivity index (χ0n) is 11.5. The third kappa shape index (κ3) is 3.48. The van der Waals surface area contributed by atoms with E-state index in [9.17, 15) is 0 Å². The Morgan fingerprint density at radius 1 is 1.32 bits per heavy atom. The summed E-state index contributed by atoms with van der Waals surface area (Å²) in [5, 5.41) is 3.60. The van der Waals surface area contributed by atoms with Crippen LogP contribution in [0.5, 0.6) is 0 Å². The van der Waals surface area contributed by atoms with Crippen LogP contribution < -0.4 is 10.2 Å². The molecule has 1 saturated heterocycles. The average Bonchev–Trinajstić information content (AvgIpc) is 3.06. The first-order valence-electron chi connectivity index (χ1n) is 7.34. The van der Waals surface area contributed by atoms with Crippen molar-refractivity contribution in [1.29, 1.82) is 0 Å². The van der Waals surface area contributed by atoms with Crippen molar-refractivity contribution in [3.63, 3.8) is 0 Å². The summed E-state index contributed by atoms with van der Waals surface area (Å²) in [6.45, 7) is 5.52. The molecule has 2 heterocycles. The average molecular weight is 324 g/mol. The first-order chi connectivity index (χ1) is 9.22. The number of hydrogen-bond acceptors (Lipinski definition) is 3. The third-order valence-corrected chi connectivity index (χ3v) is 4.95. The maximum absolute atomic E-state index is 4.75. The molecule has 1 unspecified atom stereocenters. The van der Waals surface area contributed by atoms with Gasteiger partial charge in [0.25, 0.3) is 0 Å². The van der Waals surface area contributed by atoms with Crippen LogP contribution in [0.2, 0.25) is 0 Å². The molecule has 3 nitrogen and oxygen atoms in total. The molecule has 1 atom stereocenters. The van der Waals surface area contributed by atoms with Crippen molar-refractivity contribution in [3.8, 4) is 0 Å². The van der Waals surface area contributed by atoms with Crippen molar-refractivity contribution in [2.45, 2.75) is 38.6 Å². The van der Waals surface area contributed by atoms with Crippen molar-refractivity contribution in [1.82, 2.24) is 10.3 Å².